The number of hydrogen-bond acceptors (Lipinski definition) is 7. The molecule has 0 spiro atoms. The first-order valence-electron chi connectivity index (χ1n) is 9.32. The first-order chi connectivity index (χ1) is 14.6. The zero-order valence-electron chi connectivity index (χ0n) is 19.5. The maximum Gasteiger partial charge on any atom is 0.310 e. The molecule has 33 heavy (non-hydrogen) atoms. The van der Waals surface area contributed by atoms with Crippen LogP contribution in [0, 0.1) is 31.4 Å². The molecule has 0 radical (unpaired) electrons. The molecule has 0 heterocycles. The van der Waals surface area contributed by atoms with Gasteiger partial charge in [0.2, 0.25) is 5.91 Å². The molecule has 2 aromatic rings. The van der Waals surface area contributed by atoms with E-state index in [0.29, 0.717) is 11.3 Å². The summed E-state index contributed by atoms with van der Waals surface area (Å²) in [6, 6.07) is 10.3. The number of nitrogens with zero attached hydrogens (tertiary/aromatic N) is 1. The maximum atomic E-state index is 11.2. The van der Waals surface area contributed by atoms with E-state index in [0.717, 1.165) is 16.7 Å². The van der Waals surface area contributed by atoms with Crippen LogP contribution in [-0.2, 0) is 57.1 Å². The quantitative estimate of drug-likeness (QED) is 0.191. The summed E-state index contributed by atoms with van der Waals surface area (Å²) < 4.78 is 9.05. The molecular formula is C23H29N2O7Pd-. The van der Waals surface area contributed by atoms with Crippen LogP contribution in [0.2, 0.25) is 0 Å². The Morgan fingerprint density at radius 2 is 1.36 bits per heavy atom. The number of esters is 2. The molecule has 0 bridgehead atoms. The number of ether oxygens (including phenoxy) is 2. The molecular weight excluding hydrogens is 523 g/mol. The summed E-state index contributed by atoms with van der Waals surface area (Å²) >= 11 is 0. The number of nitro benzene ring substituents is 1. The van der Waals surface area contributed by atoms with Crippen LogP contribution in [-0.4, -0.2) is 37.0 Å². The van der Waals surface area contributed by atoms with Gasteiger partial charge in [-0.05, 0) is 36.6 Å². The van der Waals surface area contributed by atoms with E-state index in [2.05, 4.69) is 14.8 Å². The number of benzene rings is 2. The molecule has 9 nitrogen and oxygen atoms in total. The maximum absolute atomic E-state index is 11.2. The van der Waals surface area contributed by atoms with Crippen molar-refractivity contribution in [1.29, 1.82) is 0 Å². The van der Waals surface area contributed by atoms with Crippen LogP contribution in [0.4, 0.5) is 11.4 Å². The van der Waals surface area contributed by atoms with Crippen LogP contribution in [0.5, 0.6) is 0 Å². The first kappa shape index (κ1) is 32.1. The summed E-state index contributed by atoms with van der Waals surface area (Å²) in [7, 11) is 2.59. The van der Waals surface area contributed by atoms with Crippen molar-refractivity contribution >= 4 is 29.2 Å². The van der Waals surface area contributed by atoms with Crippen LogP contribution >= 0.6 is 0 Å². The topological polar surface area (TPSA) is 125 Å². The van der Waals surface area contributed by atoms with Crippen molar-refractivity contribution in [2.45, 2.75) is 33.6 Å². The number of nitro groups is 1. The number of carbonyl (C=O) groups is 3. The summed E-state index contributed by atoms with van der Waals surface area (Å²) in [6.45, 7) is 5.12. The summed E-state index contributed by atoms with van der Waals surface area (Å²) in [5.74, 6) is -0.964. The molecule has 0 aromatic heterocycles. The van der Waals surface area contributed by atoms with Gasteiger partial charge in [0, 0.05) is 44.7 Å². The van der Waals surface area contributed by atoms with Gasteiger partial charge >= 0.3 is 11.9 Å². The number of carbonyl (C=O) groups excluding carboxylic acids is 3. The number of hydrogen-bond donors (Lipinski definition) is 1. The van der Waals surface area contributed by atoms with Crippen molar-refractivity contribution in [3.05, 3.63) is 76.2 Å². The molecule has 0 atom stereocenters. The number of amides is 1. The van der Waals surface area contributed by atoms with E-state index < -0.39 is 10.9 Å². The molecule has 1 amide bonds. The van der Waals surface area contributed by atoms with Gasteiger partial charge in [0.1, 0.15) is 0 Å². The minimum absolute atomic E-state index is 0. The number of nitrogens with one attached hydrogen (secondary N) is 1. The fourth-order valence-electron chi connectivity index (χ4n) is 2.60. The Kier molecular flexibility index (Phi) is 15.2. The molecule has 0 fully saturated rings. The second-order valence-electron chi connectivity index (χ2n) is 6.74. The number of anilines is 1. The Bertz CT molecular complexity index is 977. The van der Waals surface area contributed by atoms with Gasteiger partial charge in [-0.15, -0.1) is 0 Å². The van der Waals surface area contributed by atoms with E-state index >= 15 is 0 Å². The minimum Gasteiger partial charge on any atom is -0.469 e. The van der Waals surface area contributed by atoms with Crippen LogP contribution in [0.25, 0.3) is 0 Å². The van der Waals surface area contributed by atoms with Crippen molar-refractivity contribution in [3.63, 3.8) is 0 Å². The van der Waals surface area contributed by atoms with Crippen molar-refractivity contribution in [3.8, 4) is 0 Å². The second kappa shape index (κ2) is 15.7. The van der Waals surface area contributed by atoms with Gasteiger partial charge in [-0.1, -0.05) is 24.3 Å². The smallest absolute Gasteiger partial charge is 0.310 e. The Balaban J connectivity index is 0. The molecule has 0 aliphatic rings. The van der Waals surface area contributed by atoms with Gasteiger partial charge in [0.05, 0.1) is 32.0 Å². The third kappa shape index (κ3) is 11.4. The number of rotatable bonds is 6. The van der Waals surface area contributed by atoms with Gasteiger partial charge in [0.15, 0.2) is 0 Å². The molecule has 10 heteroatoms. The first-order valence-corrected chi connectivity index (χ1v) is 9.32. The number of aryl methyl sites for hydroxylation is 2. The van der Waals surface area contributed by atoms with Gasteiger partial charge in [-0.3, -0.25) is 24.5 Å². The monoisotopic (exact) mass is 551 g/mol. The fourth-order valence-corrected chi connectivity index (χ4v) is 2.60. The third-order valence-corrected chi connectivity index (χ3v) is 4.14. The fraction of sp³-hybridized carbons (Fsp3) is 0.304. The Morgan fingerprint density at radius 3 is 1.82 bits per heavy atom. The van der Waals surface area contributed by atoms with Gasteiger partial charge in [-0.2, -0.15) is 0 Å². The molecule has 1 N–H and O–H groups in total. The molecule has 2 rings (SSSR count). The van der Waals surface area contributed by atoms with E-state index in [4.69, 9.17) is 0 Å². The summed E-state index contributed by atoms with van der Waals surface area (Å²) in [5, 5.41) is 13.4. The van der Waals surface area contributed by atoms with Crippen LogP contribution in [0.15, 0.2) is 36.4 Å². The largest absolute Gasteiger partial charge is 0.469 e. The van der Waals surface area contributed by atoms with E-state index in [1.807, 2.05) is 25.1 Å². The molecule has 2 aromatic carbocycles. The van der Waals surface area contributed by atoms with E-state index in [-0.39, 0.29) is 58.3 Å². The molecule has 0 unspecified atom stereocenters. The van der Waals surface area contributed by atoms with E-state index in [9.17, 15) is 24.5 Å². The SMILES string of the molecule is COC(=O)Cc1ccc(C)cc1NC(C)=O.COC(=O)Cc1ccc(C)cc1[N+](=O)[O-].[CH3-].[Pd]. The zero-order valence-corrected chi connectivity index (χ0v) is 21.1. The zero-order chi connectivity index (χ0) is 23.6. The summed E-state index contributed by atoms with van der Waals surface area (Å²) in [5.41, 5.74) is 3.57. The molecule has 184 valence electrons. The van der Waals surface area contributed by atoms with Crippen LogP contribution in [0.1, 0.15) is 29.2 Å². The number of methoxy groups -OCH3 is 2. The van der Waals surface area contributed by atoms with Crippen LogP contribution in [0.3, 0.4) is 0 Å². The van der Waals surface area contributed by atoms with Gasteiger partial charge in [-0.25, -0.2) is 0 Å². The van der Waals surface area contributed by atoms with Gasteiger partial charge in [0.25, 0.3) is 5.69 Å². The van der Waals surface area contributed by atoms with Crippen molar-refractivity contribution in [2.24, 2.45) is 0 Å². The molecule has 0 aliphatic heterocycles. The van der Waals surface area contributed by atoms with Gasteiger partial charge < -0.3 is 22.2 Å². The van der Waals surface area contributed by atoms with Crippen molar-refractivity contribution in [2.75, 3.05) is 19.5 Å². The normalized spacial score (nSPS) is 9.12. The third-order valence-electron chi connectivity index (χ3n) is 4.14. The molecule has 0 aliphatic carbocycles. The standard InChI is InChI=1S/C12H15NO3.C10H11NO4.CH3.Pd/c1-8-4-5-10(7-12(15)16-3)11(6-8)13-9(2)14;1-7-3-4-8(6-10(12)15-2)9(5-7)11(13)14;;/h4-6H,7H2,1-3H3,(H,13,14);3-5H,6H2,1-2H3;1H3;/q;;-1;. The molecule has 0 saturated carbocycles. The average Bonchev–Trinajstić information content (AvgIpc) is 2.71. The Morgan fingerprint density at radius 1 is 0.909 bits per heavy atom. The summed E-state index contributed by atoms with van der Waals surface area (Å²) in [4.78, 5) is 43.4. The van der Waals surface area contributed by atoms with Crippen molar-refractivity contribution < 1.29 is 49.2 Å². The second-order valence-corrected chi connectivity index (χ2v) is 6.74. The van der Waals surface area contributed by atoms with E-state index in [1.54, 1.807) is 19.1 Å². The van der Waals surface area contributed by atoms with Crippen LogP contribution < -0.4 is 5.32 Å². The minimum atomic E-state index is -0.495. The average molecular weight is 552 g/mol. The predicted octanol–water partition coefficient (Wildman–Crippen LogP) is 3.74. The predicted molar refractivity (Wildman–Crippen MR) is 121 cm³/mol. The van der Waals surface area contributed by atoms with E-state index in [1.165, 1.54) is 27.2 Å². The Hall–Kier alpha value is -3.09. The Labute approximate surface area is 207 Å². The van der Waals surface area contributed by atoms with Crippen molar-refractivity contribution in [1.82, 2.24) is 0 Å². The summed E-state index contributed by atoms with van der Waals surface area (Å²) in [6.07, 6.45) is 0.0828. The molecule has 0 saturated heterocycles.